The van der Waals surface area contributed by atoms with E-state index in [-0.39, 0.29) is 23.7 Å². The van der Waals surface area contributed by atoms with Crippen LogP contribution in [0, 0.1) is 5.92 Å². The maximum Gasteiger partial charge on any atom is 0.416 e. The van der Waals surface area contributed by atoms with Gasteiger partial charge >= 0.3 is 6.18 Å². The Bertz CT molecular complexity index is 554. The molecule has 122 valence electrons. The molecule has 0 heterocycles. The van der Waals surface area contributed by atoms with Gasteiger partial charge < -0.3 is 10.6 Å². The van der Waals surface area contributed by atoms with Crippen molar-refractivity contribution in [3.63, 3.8) is 0 Å². The normalized spacial score (nSPS) is 11.4. The van der Waals surface area contributed by atoms with Gasteiger partial charge in [0.25, 0.3) is 0 Å². The molecule has 0 saturated carbocycles. The highest BCUT2D eigenvalue weighted by Crippen LogP contribution is 2.34. The van der Waals surface area contributed by atoms with Gasteiger partial charge in [-0.2, -0.15) is 13.2 Å². The van der Waals surface area contributed by atoms with E-state index in [4.69, 9.17) is 0 Å². The van der Waals surface area contributed by atoms with E-state index in [0.29, 0.717) is 12.3 Å². The van der Waals surface area contributed by atoms with E-state index in [1.165, 1.54) is 6.92 Å². The van der Waals surface area contributed by atoms with Gasteiger partial charge in [-0.15, -0.1) is 0 Å². The van der Waals surface area contributed by atoms with Crippen LogP contribution in [0.4, 0.5) is 24.5 Å². The summed E-state index contributed by atoms with van der Waals surface area (Å²) >= 11 is 0. The van der Waals surface area contributed by atoms with Gasteiger partial charge in [-0.1, -0.05) is 13.8 Å². The molecule has 0 spiro atoms. The average Bonchev–Trinajstić information content (AvgIpc) is 2.36. The first-order valence-electron chi connectivity index (χ1n) is 6.88. The number of amides is 2. The van der Waals surface area contributed by atoms with Crippen LogP contribution in [0.2, 0.25) is 0 Å². The van der Waals surface area contributed by atoms with Crippen molar-refractivity contribution in [1.82, 2.24) is 0 Å². The Morgan fingerprint density at radius 3 is 2.27 bits per heavy atom. The second-order valence-electron chi connectivity index (χ2n) is 5.42. The number of benzene rings is 1. The molecule has 2 N–H and O–H groups in total. The topological polar surface area (TPSA) is 58.2 Å². The van der Waals surface area contributed by atoms with E-state index in [9.17, 15) is 22.8 Å². The van der Waals surface area contributed by atoms with E-state index >= 15 is 0 Å². The lowest BCUT2D eigenvalue weighted by molar-refractivity contribution is -0.137. The minimum atomic E-state index is -4.52. The highest BCUT2D eigenvalue weighted by molar-refractivity contribution is 5.99. The second-order valence-corrected chi connectivity index (χ2v) is 5.42. The number of hydrogen-bond donors (Lipinski definition) is 2. The fraction of sp³-hybridized carbons (Fsp3) is 0.467. The van der Waals surface area contributed by atoms with Crippen molar-refractivity contribution in [2.24, 2.45) is 5.92 Å². The number of halogens is 3. The number of rotatable bonds is 5. The molecule has 0 radical (unpaired) electrons. The van der Waals surface area contributed by atoms with Crippen molar-refractivity contribution in [3.05, 3.63) is 23.8 Å². The quantitative estimate of drug-likeness (QED) is 0.861. The predicted molar refractivity (Wildman–Crippen MR) is 78.4 cm³/mol. The number of carbonyl (C=O) groups excluding carboxylic acids is 2. The molecule has 0 saturated heterocycles. The Kier molecular flexibility index (Phi) is 5.96. The molecule has 1 aromatic carbocycles. The molecule has 4 nitrogen and oxygen atoms in total. The van der Waals surface area contributed by atoms with Crippen LogP contribution in [-0.2, 0) is 15.8 Å². The van der Waals surface area contributed by atoms with Crippen LogP contribution in [0.3, 0.4) is 0 Å². The van der Waals surface area contributed by atoms with Crippen molar-refractivity contribution in [3.8, 4) is 0 Å². The molecule has 0 unspecified atom stereocenters. The van der Waals surface area contributed by atoms with E-state index in [2.05, 4.69) is 10.6 Å². The van der Waals surface area contributed by atoms with Crippen LogP contribution in [-0.4, -0.2) is 11.8 Å². The summed E-state index contributed by atoms with van der Waals surface area (Å²) in [6.45, 7) is 5.13. The third kappa shape index (κ3) is 5.75. The minimum Gasteiger partial charge on any atom is -0.325 e. The SMILES string of the molecule is CC(=O)Nc1ccc(C(F)(F)F)cc1NC(=O)CCC(C)C. The summed E-state index contributed by atoms with van der Waals surface area (Å²) < 4.78 is 38.3. The van der Waals surface area contributed by atoms with E-state index < -0.39 is 17.6 Å². The number of alkyl halides is 3. The lowest BCUT2D eigenvalue weighted by Gasteiger charge is -2.15. The molecule has 1 aromatic rings. The summed E-state index contributed by atoms with van der Waals surface area (Å²) in [5.41, 5.74) is -0.807. The molecule has 7 heteroatoms. The molecular weight excluding hydrogens is 297 g/mol. The van der Waals surface area contributed by atoms with E-state index in [0.717, 1.165) is 18.2 Å². The second kappa shape index (κ2) is 7.29. The van der Waals surface area contributed by atoms with Crippen molar-refractivity contribution in [2.45, 2.75) is 39.8 Å². The van der Waals surface area contributed by atoms with Crippen molar-refractivity contribution < 1.29 is 22.8 Å². The molecular formula is C15H19F3N2O2. The maximum absolute atomic E-state index is 12.8. The largest absolute Gasteiger partial charge is 0.416 e. The maximum atomic E-state index is 12.8. The summed E-state index contributed by atoms with van der Waals surface area (Å²) in [6, 6.07) is 2.80. The molecule has 0 fully saturated rings. The van der Waals surface area contributed by atoms with Gasteiger partial charge in [0.2, 0.25) is 11.8 Å². The molecule has 1 rings (SSSR count). The van der Waals surface area contributed by atoms with Gasteiger partial charge in [0, 0.05) is 13.3 Å². The highest BCUT2D eigenvalue weighted by Gasteiger charge is 2.31. The molecule has 0 aliphatic carbocycles. The summed E-state index contributed by atoms with van der Waals surface area (Å²) in [6.07, 6.45) is -3.69. The fourth-order valence-electron chi connectivity index (χ4n) is 1.76. The summed E-state index contributed by atoms with van der Waals surface area (Å²) in [5, 5.41) is 4.83. The number of anilines is 2. The van der Waals surface area contributed by atoms with Crippen LogP contribution in [0.15, 0.2) is 18.2 Å². The Balaban J connectivity index is 3.01. The average molecular weight is 316 g/mol. The lowest BCUT2D eigenvalue weighted by Crippen LogP contribution is -2.16. The first-order valence-corrected chi connectivity index (χ1v) is 6.88. The first kappa shape index (κ1) is 18.0. The summed E-state index contributed by atoms with van der Waals surface area (Å²) in [5.74, 6) is -0.515. The van der Waals surface area contributed by atoms with Crippen LogP contribution < -0.4 is 10.6 Å². The lowest BCUT2D eigenvalue weighted by atomic mass is 10.1. The van der Waals surface area contributed by atoms with Crippen molar-refractivity contribution in [2.75, 3.05) is 10.6 Å². The van der Waals surface area contributed by atoms with E-state index in [1.807, 2.05) is 13.8 Å². The third-order valence-corrected chi connectivity index (χ3v) is 2.88. The zero-order valence-electron chi connectivity index (χ0n) is 12.7. The van der Waals surface area contributed by atoms with Gasteiger partial charge in [-0.05, 0) is 30.5 Å². The monoisotopic (exact) mass is 316 g/mol. The zero-order valence-corrected chi connectivity index (χ0v) is 12.7. The van der Waals surface area contributed by atoms with Gasteiger partial charge in [0.05, 0.1) is 16.9 Å². The molecule has 0 aliphatic rings. The Morgan fingerprint density at radius 2 is 1.77 bits per heavy atom. The minimum absolute atomic E-state index is 0.0567. The highest BCUT2D eigenvalue weighted by atomic mass is 19.4. The molecule has 0 aliphatic heterocycles. The smallest absolute Gasteiger partial charge is 0.325 e. The molecule has 0 aromatic heterocycles. The van der Waals surface area contributed by atoms with Crippen molar-refractivity contribution in [1.29, 1.82) is 0 Å². The summed E-state index contributed by atoms with van der Waals surface area (Å²) in [4.78, 5) is 22.9. The van der Waals surface area contributed by atoms with Crippen LogP contribution in [0.25, 0.3) is 0 Å². The van der Waals surface area contributed by atoms with Crippen LogP contribution in [0.5, 0.6) is 0 Å². The third-order valence-electron chi connectivity index (χ3n) is 2.88. The molecule has 0 bridgehead atoms. The van der Waals surface area contributed by atoms with Gasteiger partial charge in [-0.25, -0.2) is 0 Å². The Morgan fingerprint density at radius 1 is 1.14 bits per heavy atom. The van der Waals surface area contributed by atoms with Gasteiger partial charge in [0.1, 0.15) is 0 Å². The molecule has 22 heavy (non-hydrogen) atoms. The van der Waals surface area contributed by atoms with E-state index in [1.54, 1.807) is 0 Å². The van der Waals surface area contributed by atoms with Crippen LogP contribution >= 0.6 is 0 Å². The summed E-state index contributed by atoms with van der Waals surface area (Å²) in [7, 11) is 0. The predicted octanol–water partition coefficient (Wildman–Crippen LogP) is 4.04. The fourth-order valence-corrected chi connectivity index (χ4v) is 1.76. The number of carbonyl (C=O) groups is 2. The standard InChI is InChI=1S/C15H19F3N2O2/c1-9(2)4-7-14(22)20-13-8-11(15(16,17)18)5-6-12(13)19-10(3)21/h5-6,8-9H,4,7H2,1-3H3,(H,19,21)(H,20,22). The van der Waals surface area contributed by atoms with Crippen LogP contribution in [0.1, 0.15) is 39.2 Å². The Hall–Kier alpha value is -2.05. The molecule has 2 amide bonds. The van der Waals surface area contributed by atoms with Gasteiger partial charge in [0.15, 0.2) is 0 Å². The Labute approximate surface area is 127 Å². The van der Waals surface area contributed by atoms with Gasteiger partial charge in [-0.3, -0.25) is 9.59 Å². The van der Waals surface area contributed by atoms with Crippen molar-refractivity contribution >= 4 is 23.2 Å². The molecule has 0 atom stereocenters. The number of hydrogen-bond acceptors (Lipinski definition) is 2. The number of nitrogens with one attached hydrogen (secondary N) is 2. The zero-order chi connectivity index (χ0) is 16.9. The first-order chi connectivity index (χ1) is 10.1.